The van der Waals surface area contributed by atoms with Crippen LogP contribution in [0, 0.1) is 11.3 Å². The molecule has 0 amide bonds. The molecule has 90 valence electrons. The van der Waals surface area contributed by atoms with Crippen LogP contribution in [0.25, 0.3) is 0 Å². The van der Waals surface area contributed by atoms with Gasteiger partial charge in [-0.3, -0.25) is 0 Å². The average Bonchev–Trinajstić information content (AvgIpc) is 2.40. The van der Waals surface area contributed by atoms with Crippen molar-refractivity contribution in [1.29, 1.82) is 5.26 Å². The van der Waals surface area contributed by atoms with E-state index in [1.165, 1.54) is 0 Å². The number of halogens is 1. The van der Waals surface area contributed by atoms with E-state index in [4.69, 9.17) is 11.0 Å². The highest BCUT2D eigenvalue weighted by atomic mass is 79.9. The number of aromatic nitrogens is 2. The Bertz CT molecular complexity index is 620. The fourth-order valence-electron chi connectivity index (χ4n) is 1.58. The Morgan fingerprint density at radius 1 is 1.39 bits per heavy atom. The highest BCUT2D eigenvalue weighted by Crippen LogP contribution is 2.30. The van der Waals surface area contributed by atoms with Crippen molar-refractivity contribution in [2.24, 2.45) is 0 Å². The Morgan fingerprint density at radius 2 is 2.11 bits per heavy atom. The van der Waals surface area contributed by atoms with Gasteiger partial charge < -0.3 is 10.6 Å². The molecule has 0 radical (unpaired) electrons. The van der Waals surface area contributed by atoms with Crippen molar-refractivity contribution >= 4 is 33.4 Å². The van der Waals surface area contributed by atoms with Crippen LogP contribution < -0.4 is 10.6 Å². The van der Waals surface area contributed by atoms with Gasteiger partial charge in [0, 0.05) is 13.2 Å². The molecule has 0 aliphatic carbocycles. The van der Waals surface area contributed by atoms with E-state index in [9.17, 15) is 0 Å². The van der Waals surface area contributed by atoms with Crippen LogP contribution in [0.3, 0.4) is 0 Å². The molecular formula is C12H10BrN5. The van der Waals surface area contributed by atoms with Gasteiger partial charge in [0.2, 0.25) is 5.95 Å². The van der Waals surface area contributed by atoms with Crippen molar-refractivity contribution < 1.29 is 0 Å². The van der Waals surface area contributed by atoms with Gasteiger partial charge in [-0.25, -0.2) is 4.98 Å². The molecule has 1 aromatic heterocycles. The van der Waals surface area contributed by atoms with Gasteiger partial charge in [-0.15, -0.1) is 0 Å². The van der Waals surface area contributed by atoms with Crippen molar-refractivity contribution in [3.8, 4) is 6.07 Å². The fraction of sp³-hybridized carbons (Fsp3) is 0.0833. The zero-order valence-corrected chi connectivity index (χ0v) is 11.2. The number of rotatable bonds is 2. The lowest BCUT2D eigenvalue weighted by Crippen LogP contribution is -2.14. The maximum absolute atomic E-state index is 9.09. The molecule has 2 N–H and O–H groups in total. The van der Waals surface area contributed by atoms with E-state index < -0.39 is 0 Å². The molecule has 0 spiro atoms. The molecule has 0 fully saturated rings. The van der Waals surface area contributed by atoms with E-state index in [1.807, 2.05) is 25.2 Å². The van der Waals surface area contributed by atoms with Crippen LogP contribution in [0.15, 0.2) is 34.9 Å². The zero-order chi connectivity index (χ0) is 13.1. The van der Waals surface area contributed by atoms with Crippen molar-refractivity contribution in [3.63, 3.8) is 0 Å². The van der Waals surface area contributed by atoms with Crippen LogP contribution in [-0.4, -0.2) is 17.0 Å². The van der Waals surface area contributed by atoms with Crippen LogP contribution in [0.2, 0.25) is 0 Å². The average molecular weight is 304 g/mol. The maximum Gasteiger partial charge on any atom is 0.222 e. The van der Waals surface area contributed by atoms with Crippen LogP contribution in [0.5, 0.6) is 0 Å². The van der Waals surface area contributed by atoms with Crippen LogP contribution in [0.1, 0.15) is 5.56 Å². The lowest BCUT2D eigenvalue weighted by Gasteiger charge is -2.20. The Hall–Kier alpha value is -2.13. The summed E-state index contributed by atoms with van der Waals surface area (Å²) < 4.78 is 0.715. The predicted molar refractivity (Wildman–Crippen MR) is 73.4 cm³/mol. The number of benzene rings is 1. The van der Waals surface area contributed by atoms with Gasteiger partial charge in [0.15, 0.2) is 5.82 Å². The number of nitriles is 1. The summed E-state index contributed by atoms with van der Waals surface area (Å²) in [5.41, 5.74) is 6.92. The van der Waals surface area contributed by atoms with Gasteiger partial charge >= 0.3 is 0 Å². The molecular weight excluding hydrogens is 294 g/mol. The van der Waals surface area contributed by atoms with E-state index in [0.717, 1.165) is 5.69 Å². The molecule has 1 aromatic carbocycles. The minimum Gasteiger partial charge on any atom is -0.368 e. The molecule has 0 bridgehead atoms. The minimum absolute atomic E-state index is 0.189. The number of nitrogen functional groups attached to an aromatic ring is 1. The summed E-state index contributed by atoms with van der Waals surface area (Å²) in [6.45, 7) is 0. The lowest BCUT2D eigenvalue weighted by molar-refractivity contribution is 1.07. The van der Waals surface area contributed by atoms with E-state index in [1.54, 1.807) is 17.2 Å². The highest BCUT2D eigenvalue weighted by molar-refractivity contribution is 9.10. The predicted octanol–water partition coefficient (Wildman–Crippen LogP) is 2.46. The number of para-hydroxylation sites is 1. The number of hydrogen-bond acceptors (Lipinski definition) is 5. The minimum atomic E-state index is 0.189. The second-order valence-corrected chi connectivity index (χ2v) is 4.44. The summed E-state index contributed by atoms with van der Waals surface area (Å²) in [6, 6.07) is 9.44. The standard InChI is InChI=1S/C12H10BrN5/c1-18(10-5-3-2-4-8(10)6-14)11-9(13)7-16-12(15)17-11/h2-5,7H,1H3,(H2,15,16,17). The molecule has 0 aliphatic rings. The molecule has 0 saturated carbocycles. The van der Waals surface area contributed by atoms with Crippen molar-refractivity contribution in [2.75, 3.05) is 17.7 Å². The van der Waals surface area contributed by atoms with Gasteiger partial charge in [0.05, 0.1) is 15.7 Å². The monoisotopic (exact) mass is 303 g/mol. The largest absolute Gasteiger partial charge is 0.368 e. The van der Waals surface area contributed by atoms with E-state index in [2.05, 4.69) is 32.0 Å². The summed E-state index contributed by atoms with van der Waals surface area (Å²) in [5, 5.41) is 9.09. The zero-order valence-electron chi connectivity index (χ0n) is 9.63. The van der Waals surface area contributed by atoms with Gasteiger partial charge in [0.25, 0.3) is 0 Å². The molecule has 0 atom stereocenters. The first-order valence-electron chi connectivity index (χ1n) is 5.14. The van der Waals surface area contributed by atoms with E-state index in [-0.39, 0.29) is 5.95 Å². The maximum atomic E-state index is 9.09. The van der Waals surface area contributed by atoms with Gasteiger partial charge in [-0.1, -0.05) is 12.1 Å². The molecule has 2 rings (SSSR count). The SMILES string of the molecule is CN(c1ccccc1C#N)c1nc(N)ncc1Br. The first kappa shape index (κ1) is 12.3. The molecule has 6 heteroatoms. The van der Waals surface area contributed by atoms with Crippen molar-refractivity contribution in [2.45, 2.75) is 0 Å². The smallest absolute Gasteiger partial charge is 0.222 e. The summed E-state index contributed by atoms with van der Waals surface area (Å²) in [4.78, 5) is 9.84. The van der Waals surface area contributed by atoms with Crippen molar-refractivity contribution in [3.05, 3.63) is 40.5 Å². The van der Waals surface area contributed by atoms with Gasteiger partial charge in [-0.05, 0) is 28.1 Å². The van der Waals surface area contributed by atoms with Crippen LogP contribution in [0.4, 0.5) is 17.5 Å². The molecule has 0 saturated heterocycles. The number of nitrogens with zero attached hydrogens (tertiary/aromatic N) is 4. The summed E-state index contributed by atoms with van der Waals surface area (Å²) in [6.07, 6.45) is 1.59. The third kappa shape index (κ3) is 2.26. The first-order valence-corrected chi connectivity index (χ1v) is 5.93. The van der Waals surface area contributed by atoms with Crippen LogP contribution in [-0.2, 0) is 0 Å². The van der Waals surface area contributed by atoms with E-state index >= 15 is 0 Å². The Kier molecular flexibility index (Phi) is 3.44. The topological polar surface area (TPSA) is 78.8 Å². The molecule has 5 nitrogen and oxygen atoms in total. The van der Waals surface area contributed by atoms with Gasteiger partial charge in [-0.2, -0.15) is 10.2 Å². The summed E-state index contributed by atoms with van der Waals surface area (Å²) >= 11 is 3.37. The van der Waals surface area contributed by atoms with E-state index in [0.29, 0.717) is 15.9 Å². The highest BCUT2D eigenvalue weighted by Gasteiger charge is 2.13. The van der Waals surface area contributed by atoms with Gasteiger partial charge in [0.1, 0.15) is 6.07 Å². The first-order chi connectivity index (χ1) is 8.63. The quantitative estimate of drug-likeness (QED) is 0.922. The van der Waals surface area contributed by atoms with Crippen LogP contribution >= 0.6 is 15.9 Å². The second-order valence-electron chi connectivity index (χ2n) is 3.59. The summed E-state index contributed by atoms with van der Waals surface area (Å²) in [5.74, 6) is 0.805. The lowest BCUT2D eigenvalue weighted by atomic mass is 10.2. The Balaban J connectivity index is 2.51. The summed E-state index contributed by atoms with van der Waals surface area (Å²) in [7, 11) is 1.82. The molecule has 18 heavy (non-hydrogen) atoms. The fourth-order valence-corrected chi connectivity index (χ4v) is 2.04. The molecule has 1 heterocycles. The number of hydrogen-bond donors (Lipinski definition) is 1. The third-order valence-corrected chi connectivity index (χ3v) is 3.01. The Labute approximate surface area is 113 Å². The third-order valence-electron chi connectivity index (χ3n) is 2.45. The molecule has 0 aliphatic heterocycles. The van der Waals surface area contributed by atoms with Crippen molar-refractivity contribution in [1.82, 2.24) is 9.97 Å². The second kappa shape index (κ2) is 5.02. The number of nitrogens with two attached hydrogens (primary N) is 1. The normalized spacial score (nSPS) is 9.83. The number of anilines is 3. The molecule has 2 aromatic rings. The molecule has 0 unspecified atom stereocenters. The Morgan fingerprint density at radius 3 is 2.83 bits per heavy atom.